The number of ether oxygens (including phenoxy) is 2. The van der Waals surface area contributed by atoms with Crippen molar-refractivity contribution in [2.45, 2.75) is 19.5 Å². The lowest BCUT2D eigenvalue weighted by atomic mass is 10.1. The minimum atomic E-state index is -2.97. The van der Waals surface area contributed by atoms with E-state index < -0.39 is 6.61 Å². The van der Waals surface area contributed by atoms with Crippen LogP contribution in [0.5, 0.6) is 11.5 Å². The third-order valence-electron chi connectivity index (χ3n) is 4.27. The Morgan fingerprint density at radius 3 is 2.82 bits per heavy atom. The average molecular weight is 422 g/mol. The van der Waals surface area contributed by atoms with E-state index in [1.807, 2.05) is 12.1 Å². The van der Waals surface area contributed by atoms with Gasteiger partial charge in [0.2, 0.25) is 0 Å². The molecule has 0 saturated heterocycles. The fourth-order valence-corrected chi connectivity index (χ4v) is 3.83. The smallest absolute Gasteiger partial charge is 0.387 e. The van der Waals surface area contributed by atoms with Crippen LogP contribution in [0.1, 0.15) is 23.2 Å². The van der Waals surface area contributed by atoms with Gasteiger partial charge >= 0.3 is 6.61 Å². The maximum atomic E-state index is 12.6. The van der Waals surface area contributed by atoms with E-state index in [2.05, 4.69) is 15.0 Å². The molecule has 1 heterocycles. The first-order valence-electron chi connectivity index (χ1n) is 8.64. The Balaban J connectivity index is 1.54. The first kappa shape index (κ1) is 18.8. The lowest BCUT2D eigenvalue weighted by molar-refractivity contribution is -0.0515. The number of fused-ring (bicyclic) bond motifs is 1. The number of aromatic amines is 1. The first-order valence-corrected chi connectivity index (χ1v) is 9.86. The van der Waals surface area contributed by atoms with Crippen LogP contribution in [0.25, 0.3) is 10.2 Å². The fourth-order valence-electron chi connectivity index (χ4n) is 2.67. The molecular weight excluding hydrogens is 406 g/mol. The van der Waals surface area contributed by atoms with Gasteiger partial charge in [-0.1, -0.05) is 0 Å². The molecule has 0 unspecified atom stereocenters. The molecule has 0 radical (unpaired) electrons. The molecule has 1 aliphatic carbocycles. The van der Waals surface area contributed by atoms with Gasteiger partial charge in [0, 0.05) is 11.3 Å². The fraction of sp³-hybridized carbons (Fsp3) is 0.263. The molecule has 28 heavy (non-hydrogen) atoms. The third kappa shape index (κ3) is 4.48. The van der Waals surface area contributed by atoms with Crippen LogP contribution < -0.4 is 14.8 Å². The Bertz CT molecular complexity index is 1080. The van der Waals surface area contributed by atoms with E-state index in [9.17, 15) is 13.6 Å². The van der Waals surface area contributed by atoms with Crippen molar-refractivity contribution in [2.75, 3.05) is 11.9 Å². The summed E-state index contributed by atoms with van der Waals surface area (Å²) in [7, 11) is 0. The minimum Gasteiger partial charge on any atom is -0.489 e. The number of benzene rings is 2. The van der Waals surface area contributed by atoms with Gasteiger partial charge in [-0.15, -0.1) is 11.3 Å². The minimum absolute atomic E-state index is 0.0827. The number of nitrogens with one attached hydrogen (secondary N) is 2. The molecule has 4 rings (SSSR count). The van der Waals surface area contributed by atoms with E-state index in [4.69, 9.17) is 17.0 Å². The lowest BCUT2D eigenvalue weighted by Gasteiger charge is -2.13. The molecule has 2 aromatic carbocycles. The van der Waals surface area contributed by atoms with E-state index in [0.29, 0.717) is 22.2 Å². The molecule has 5 nitrogen and oxygen atoms in total. The molecule has 0 atom stereocenters. The maximum Gasteiger partial charge on any atom is 0.387 e. The molecule has 9 heteroatoms. The van der Waals surface area contributed by atoms with Crippen molar-refractivity contribution < 1.29 is 23.0 Å². The number of thiazole rings is 1. The van der Waals surface area contributed by atoms with Crippen LogP contribution in [-0.4, -0.2) is 24.1 Å². The number of rotatable bonds is 7. The monoisotopic (exact) mass is 422 g/mol. The van der Waals surface area contributed by atoms with Crippen LogP contribution in [0.4, 0.5) is 14.5 Å². The number of carbonyl (C=O) groups is 1. The molecule has 0 aliphatic heterocycles. The van der Waals surface area contributed by atoms with Crippen LogP contribution in [0.3, 0.4) is 0 Å². The maximum absolute atomic E-state index is 12.6. The van der Waals surface area contributed by atoms with E-state index in [1.54, 1.807) is 6.07 Å². The molecule has 1 amide bonds. The second-order valence-electron chi connectivity index (χ2n) is 6.47. The second-order valence-corrected chi connectivity index (χ2v) is 8.19. The zero-order valence-electron chi connectivity index (χ0n) is 14.5. The Morgan fingerprint density at radius 1 is 1.25 bits per heavy atom. The normalized spacial score (nSPS) is 13.7. The summed E-state index contributed by atoms with van der Waals surface area (Å²) in [5, 5.41) is 2.80. The zero-order chi connectivity index (χ0) is 19.7. The Hall–Kier alpha value is -2.52. The molecule has 0 spiro atoms. The van der Waals surface area contributed by atoms with Gasteiger partial charge in [0.15, 0.2) is 15.5 Å². The predicted molar refractivity (Wildman–Crippen MR) is 106 cm³/mol. The molecule has 3 aromatic rings. The molecule has 1 fully saturated rings. The van der Waals surface area contributed by atoms with E-state index >= 15 is 0 Å². The number of hydrogen-bond donors (Lipinski definition) is 2. The molecule has 1 aromatic heterocycles. The number of carbonyl (C=O) groups excluding carboxylic acids is 1. The number of amides is 1. The number of H-pyrrole nitrogens is 1. The van der Waals surface area contributed by atoms with Gasteiger partial charge < -0.3 is 19.8 Å². The van der Waals surface area contributed by atoms with E-state index in [-0.39, 0.29) is 23.0 Å². The largest absolute Gasteiger partial charge is 0.489 e. The molecule has 1 aliphatic rings. The summed E-state index contributed by atoms with van der Waals surface area (Å²) in [5.74, 6) is 0.110. The highest BCUT2D eigenvalue weighted by atomic mass is 32.1. The third-order valence-corrected chi connectivity index (χ3v) is 5.47. The standard InChI is InChI=1S/C19H16F2N2O3S2/c20-18(21)26-14-6-3-11(7-15(14)25-9-10-1-2-10)17(24)22-12-4-5-13-16(8-12)28-19(27)23-13/h3-8,10,18H,1-2,9H2,(H,22,24)(H,23,27). The number of alkyl halides is 2. The van der Waals surface area contributed by atoms with Crippen molar-refractivity contribution in [3.8, 4) is 11.5 Å². The topological polar surface area (TPSA) is 63.4 Å². The van der Waals surface area contributed by atoms with Crippen molar-refractivity contribution in [1.82, 2.24) is 4.98 Å². The molecule has 0 bridgehead atoms. The van der Waals surface area contributed by atoms with Crippen molar-refractivity contribution in [3.05, 3.63) is 45.9 Å². The van der Waals surface area contributed by atoms with Gasteiger partial charge in [-0.3, -0.25) is 4.79 Å². The number of hydrogen-bond acceptors (Lipinski definition) is 5. The van der Waals surface area contributed by atoms with Gasteiger partial charge in [-0.25, -0.2) is 0 Å². The summed E-state index contributed by atoms with van der Waals surface area (Å²) in [6.07, 6.45) is 2.11. The summed E-state index contributed by atoms with van der Waals surface area (Å²) in [5.41, 5.74) is 1.79. The highest BCUT2D eigenvalue weighted by molar-refractivity contribution is 7.73. The van der Waals surface area contributed by atoms with Crippen molar-refractivity contribution in [2.24, 2.45) is 5.92 Å². The molecule has 146 valence electrons. The van der Waals surface area contributed by atoms with Gasteiger partial charge in [0.1, 0.15) is 0 Å². The Labute approximate surface area is 168 Å². The van der Waals surface area contributed by atoms with E-state index in [1.165, 1.54) is 29.5 Å². The summed E-state index contributed by atoms with van der Waals surface area (Å²) in [6.45, 7) is -2.55. The van der Waals surface area contributed by atoms with Crippen LogP contribution in [-0.2, 0) is 0 Å². The number of anilines is 1. The highest BCUT2D eigenvalue weighted by Gasteiger charge is 2.23. The van der Waals surface area contributed by atoms with Crippen LogP contribution in [0.2, 0.25) is 0 Å². The number of halogens is 2. The Kier molecular flexibility index (Phi) is 5.27. The van der Waals surface area contributed by atoms with Crippen LogP contribution >= 0.6 is 23.6 Å². The van der Waals surface area contributed by atoms with Crippen LogP contribution in [0, 0.1) is 9.87 Å². The van der Waals surface area contributed by atoms with Gasteiger partial charge in [0.05, 0.1) is 16.8 Å². The van der Waals surface area contributed by atoms with Gasteiger partial charge in [-0.2, -0.15) is 8.78 Å². The van der Waals surface area contributed by atoms with Crippen molar-refractivity contribution in [3.63, 3.8) is 0 Å². The Morgan fingerprint density at radius 2 is 2.07 bits per heavy atom. The summed E-state index contributed by atoms with van der Waals surface area (Å²) in [6, 6.07) is 9.59. The van der Waals surface area contributed by atoms with E-state index in [0.717, 1.165) is 23.1 Å². The van der Waals surface area contributed by atoms with Crippen LogP contribution in [0.15, 0.2) is 36.4 Å². The first-order chi connectivity index (χ1) is 13.5. The summed E-state index contributed by atoms with van der Waals surface area (Å²) >= 11 is 6.54. The molecular formula is C19H16F2N2O3S2. The van der Waals surface area contributed by atoms with Gasteiger partial charge in [0.25, 0.3) is 5.91 Å². The summed E-state index contributed by atoms with van der Waals surface area (Å²) < 4.78 is 36.9. The quantitative estimate of drug-likeness (QED) is 0.487. The van der Waals surface area contributed by atoms with Crippen molar-refractivity contribution in [1.29, 1.82) is 0 Å². The van der Waals surface area contributed by atoms with Crippen molar-refractivity contribution >= 4 is 45.4 Å². The lowest BCUT2D eigenvalue weighted by Crippen LogP contribution is -2.13. The highest BCUT2D eigenvalue weighted by Crippen LogP contribution is 2.34. The number of aromatic nitrogens is 1. The van der Waals surface area contributed by atoms with Gasteiger partial charge in [-0.05, 0) is 67.4 Å². The molecule has 2 N–H and O–H groups in total. The SMILES string of the molecule is O=C(Nc1ccc2[nH]c(=S)sc2c1)c1ccc(OC(F)F)c(OCC2CC2)c1. The zero-order valence-corrected chi connectivity index (χ0v) is 16.2. The second kappa shape index (κ2) is 7.84. The summed E-state index contributed by atoms with van der Waals surface area (Å²) in [4.78, 5) is 15.7. The molecule has 1 saturated carbocycles. The average Bonchev–Trinajstić information content (AvgIpc) is 3.40. The predicted octanol–water partition coefficient (Wildman–Crippen LogP) is 5.60.